The van der Waals surface area contributed by atoms with Gasteiger partial charge in [-0.2, -0.15) is 18.3 Å². The van der Waals surface area contributed by atoms with E-state index in [1.165, 1.54) is 10.7 Å². The van der Waals surface area contributed by atoms with E-state index in [1.807, 2.05) is 6.92 Å². The highest BCUT2D eigenvalue weighted by Gasteiger charge is 2.30. The van der Waals surface area contributed by atoms with E-state index < -0.39 is 11.7 Å². The molecular formula is C13H12ClF3N2. The average molecular weight is 289 g/mol. The molecule has 2 aromatic rings. The Labute approximate surface area is 113 Å². The number of halogens is 4. The van der Waals surface area contributed by atoms with Gasteiger partial charge < -0.3 is 0 Å². The van der Waals surface area contributed by atoms with Crippen LogP contribution >= 0.6 is 11.6 Å². The van der Waals surface area contributed by atoms with Crippen molar-refractivity contribution in [2.75, 3.05) is 0 Å². The number of nitrogens with zero attached hydrogens (tertiary/aromatic N) is 2. The van der Waals surface area contributed by atoms with E-state index in [0.29, 0.717) is 17.3 Å². The van der Waals surface area contributed by atoms with Crippen molar-refractivity contribution in [1.29, 1.82) is 0 Å². The van der Waals surface area contributed by atoms with E-state index >= 15 is 0 Å². The number of alkyl halides is 3. The van der Waals surface area contributed by atoms with Gasteiger partial charge in [-0.1, -0.05) is 24.6 Å². The van der Waals surface area contributed by atoms with E-state index in [9.17, 15) is 13.2 Å². The van der Waals surface area contributed by atoms with Gasteiger partial charge in [0.2, 0.25) is 0 Å². The molecular weight excluding hydrogens is 277 g/mol. The molecule has 0 saturated carbocycles. The third-order valence-corrected chi connectivity index (χ3v) is 3.35. The molecule has 0 unspecified atom stereocenters. The number of aryl methyl sites for hydroxylation is 1. The van der Waals surface area contributed by atoms with Crippen molar-refractivity contribution >= 4 is 11.6 Å². The molecule has 1 heterocycles. The van der Waals surface area contributed by atoms with Gasteiger partial charge in [0, 0.05) is 5.56 Å². The Morgan fingerprint density at radius 3 is 2.53 bits per heavy atom. The summed E-state index contributed by atoms with van der Waals surface area (Å²) in [6.07, 6.45) is -3.70. The minimum Gasteiger partial charge on any atom is -0.222 e. The van der Waals surface area contributed by atoms with Crippen molar-refractivity contribution in [3.05, 3.63) is 46.2 Å². The molecule has 0 amide bonds. The third-order valence-electron chi connectivity index (χ3n) is 2.90. The van der Waals surface area contributed by atoms with Crippen molar-refractivity contribution in [1.82, 2.24) is 9.78 Å². The molecule has 2 rings (SSSR count). The molecule has 0 saturated heterocycles. The normalized spacial score (nSPS) is 11.9. The summed E-state index contributed by atoms with van der Waals surface area (Å²) in [7, 11) is 0. The van der Waals surface area contributed by atoms with Gasteiger partial charge in [0.1, 0.15) is 5.15 Å². The van der Waals surface area contributed by atoms with E-state index in [0.717, 1.165) is 23.4 Å². The minimum absolute atomic E-state index is 0.308. The number of hydrogen-bond donors (Lipinski definition) is 0. The van der Waals surface area contributed by atoms with Crippen molar-refractivity contribution in [2.24, 2.45) is 0 Å². The minimum atomic E-state index is -4.38. The predicted molar refractivity (Wildman–Crippen MR) is 67.7 cm³/mol. The quantitative estimate of drug-likeness (QED) is 0.800. The number of rotatable bonds is 2. The molecule has 0 aliphatic heterocycles. The van der Waals surface area contributed by atoms with E-state index in [1.54, 1.807) is 13.0 Å². The van der Waals surface area contributed by atoms with Gasteiger partial charge >= 0.3 is 6.18 Å². The molecule has 0 radical (unpaired) electrons. The first kappa shape index (κ1) is 13.9. The maximum Gasteiger partial charge on any atom is 0.416 e. The van der Waals surface area contributed by atoms with Gasteiger partial charge in [-0.05, 0) is 31.5 Å². The largest absolute Gasteiger partial charge is 0.416 e. The Bertz CT molecular complexity index is 602. The van der Waals surface area contributed by atoms with E-state index in [-0.39, 0.29) is 0 Å². The van der Waals surface area contributed by atoms with E-state index in [2.05, 4.69) is 5.10 Å². The van der Waals surface area contributed by atoms with Gasteiger partial charge in [0.25, 0.3) is 0 Å². The lowest BCUT2D eigenvalue weighted by atomic mass is 10.2. The Kier molecular flexibility index (Phi) is 3.58. The van der Waals surface area contributed by atoms with Crippen LogP contribution < -0.4 is 0 Å². The summed E-state index contributed by atoms with van der Waals surface area (Å²) in [5, 5.41) is 4.58. The summed E-state index contributed by atoms with van der Waals surface area (Å²) in [5.74, 6) is 0. The van der Waals surface area contributed by atoms with Crippen molar-refractivity contribution in [2.45, 2.75) is 26.4 Å². The van der Waals surface area contributed by atoms with Crippen LogP contribution in [0, 0.1) is 6.92 Å². The van der Waals surface area contributed by atoms with Crippen LogP contribution in [0.1, 0.15) is 23.7 Å². The Morgan fingerprint density at radius 2 is 2.00 bits per heavy atom. The standard InChI is InChI=1S/C13H12ClF3N2/c1-3-11-8(2)12(14)19(18-11)10-6-4-5-9(7-10)13(15,16)17/h4-7H,3H2,1-2H3. The molecule has 0 fully saturated rings. The maximum atomic E-state index is 12.7. The average Bonchev–Trinajstić information content (AvgIpc) is 2.65. The monoisotopic (exact) mass is 288 g/mol. The Balaban J connectivity index is 2.54. The molecule has 0 atom stereocenters. The van der Waals surface area contributed by atoms with Crippen molar-refractivity contribution in [3.8, 4) is 5.69 Å². The molecule has 0 aliphatic carbocycles. The van der Waals surface area contributed by atoms with E-state index in [4.69, 9.17) is 11.6 Å². The Hall–Kier alpha value is -1.49. The highest BCUT2D eigenvalue weighted by Crippen LogP contribution is 2.31. The van der Waals surface area contributed by atoms with Gasteiger partial charge in [-0.3, -0.25) is 0 Å². The number of aromatic nitrogens is 2. The second-order valence-corrected chi connectivity index (χ2v) is 4.53. The molecule has 6 heteroatoms. The van der Waals surface area contributed by atoms with Gasteiger partial charge in [-0.25, -0.2) is 4.68 Å². The second-order valence-electron chi connectivity index (χ2n) is 4.18. The Morgan fingerprint density at radius 1 is 1.32 bits per heavy atom. The highest BCUT2D eigenvalue weighted by atomic mass is 35.5. The number of hydrogen-bond acceptors (Lipinski definition) is 1. The molecule has 0 bridgehead atoms. The molecule has 1 aromatic heterocycles. The van der Waals surface area contributed by atoms with Crippen LogP contribution in [0.25, 0.3) is 5.69 Å². The SMILES string of the molecule is CCc1nn(-c2cccc(C(F)(F)F)c2)c(Cl)c1C. The first-order valence-corrected chi connectivity index (χ1v) is 6.14. The summed E-state index contributed by atoms with van der Waals surface area (Å²) < 4.78 is 39.4. The maximum absolute atomic E-state index is 12.7. The van der Waals surface area contributed by atoms with Gasteiger partial charge in [-0.15, -0.1) is 0 Å². The lowest BCUT2D eigenvalue weighted by Gasteiger charge is -2.09. The lowest BCUT2D eigenvalue weighted by Crippen LogP contribution is -2.06. The fourth-order valence-corrected chi connectivity index (χ4v) is 2.08. The first-order chi connectivity index (χ1) is 8.84. The fraction of sp³-hybridized carbons (Fsp3) is 0.308. The highest BCUT2D eigenvalue weighted by molar-refractivity contribution is 6.30. The van der Waals surface area contributed by atoms with Crippen molar-refractivity contribution < 1.29 is 13.2 Å². The van der Waals surface area contributed by atoms with Crippen molar-refractivity contribution in [3.63, 3.8) is 0 Å². The van der Waals surface area contributed by atoms with Crippen LogP contribution in [0.15, 0.2) is 24.3 Å². The van der Waals surface area contributed by atoms with Crippen LogP contribution in [-0.2, 0) is 12.6 Å². The molecule has 1 aromatic carbocycles. The zero-order chi connectivity index (χ0) is 14.2. The van der Waals surface area contributed by atoms with Crippen LogP contribution in [0.3, 0.4) is 0 Å². The molecule has 2 nitrogen and oxygen atoms in total. The second kappa shape index (κ2) is 4.89. The van der Waals surface area contributed by atoms with Crippen LogP contribution in [-0.4, -0.2) is 9.78 Å². The third kappa shape index (κ3) is 2.61. The smallest absolute Gasteiger partial charge is 0.222 e. The van der Waals surface area contributed by atoms with Crippen LogP contribution in [0.4, 0.5) is 13.2 Å². The summed E-state index contributed by atoms with van der Waals surface area (Å²) >= 11 is 6.11. The molecule has 19 heavy (non-hydrogen) atoms. The molecule has 0 spiro atoms. The summed E-state index contributed by atoms with van der Waals surface area (Å²) in [6, 6.07) is 4.95. The molecule has 0 aliphatic rings. The fourth-order valence-electron chi connectivity index (χ4n) is 1.84. The van der Waals surface area contributed by atoms with Gasteiger partial charge in [0.15, 0.2) is 0 Å². The number of benzene rings is 1. The lowest BCUT2D eigenvalue weighted by molar-refractivity contribution is -0.137. The zero-order valence-corrected chi connectivity index (χ0v) is 11.2. The summed E-state index contributed by atoms with van der Waals surface area (Å²) in [4.78, 5) is 0. The zero-order valence-electron chi connectivity index (χ0n) is 10.4. The summed E-state index contributed by atoms with van der Waals surface area (Å²) in [5.41, 5.74) is 1.17. The summed E-state index contributed by atoms with van der Waals surface area (Å²) in [6.45, 7) is 3.72. The topological polar surface area (TPSA) is 17.8 Å². The molecule has 0 N–H and O–H groups in total. The molecule has 102 valence electrons. The van der Waals surface area contributed by atoms with Gasteiger partial charge in [0.05, 0.1) is 16.9 Å². The van der Waals surface area contributed by atoms with Crippen LogP contribution in [0.5, 0.6) is 0 Å². The predicted octanol–water partition coefficient (Wildman–Crippen LogP) is 4.42. The van der Waals surface area contributed by atoms with Crippen LogP contribution in [0.2, 0.25) is 5.15 Å². The first-order valence-electron chi connectivity index (χ1n) is 5.76.